The smallest absolute Gasteiger partial charge is 0.241 e. The number of fused-ring (bicyclic) bond motifs is 1. The summed E-state index contributed by atoms with van der Waals surface area (Å²) in [6.07, 6.45) is 1.94. The van der Waals surface area contributed by atoms with Gasteiger partial charge in [-0.25, -0.2) is 18.1 Å². The number of amides is 1. The number of carbonyl (C=O) groups is 1. The van der Waals surface area contributed by atoms with Gasteiger partial charge in [-0.2, -0.15) is 0 Å². The molecule has 1 aliphatic heterocycles. The highest BCUT2D eigenvalue weighted by atomic mass is 32.2. The number of sulfonamides is 1. The topological polar surface area (TPSA) is 79.4 Å². The standard InChI is InChI=1S/C25H31N3O3S2/c1-15-16(2)18(4)24(19(5)17(15)3)33(30,31)26-13-12-23(29)28-14-8-10-21(28)25-27-20-9-6-7-11-22(20)32-25/h6-7,9,11,21,26H,8,10,12-14H2,1-5H3. The van der Waals surface area contributed by atoms with Crippen molar-refractivity contribution >= 4 is 37.5 Å². The van der Waals surface area contributed by atoms with Gasteiger partial charge in [-0.05, 0) is 87.4 Å². The lowest BCUT2D eigenvalue weighted by Crippen LogP contribution is -2.34. The van der Waals surface area contributed by atoms with Crippen LogP contribution in [0.3, 0.4) is 0 Å². The Balaban J connectivity index is 1.46. The molecule has 1 aliphatic rings. The molecule has 0 radical (unpaired) electrons. The summed E-state index contributed by atoms with van der Waals surface area (Å²) >= 11 is 1.63. The first kappa shape index (κ1) is 23.9. The Morgan fingerprint density at radius 3 is 2.36 bits per heavy atom. The lowest BCUT2D eigenvalue weighted by Gasteiger charge is -2.23. The summed E-state index contributed by atoms with van der Waals surface area (Å²) in [5, 5.41) is 0.958. The summed E-state index contributed by atoms with van der Waals surface area (Å²) in [6.45, 7) is 10.4. The van der Waals surface area contributed by atoms with Gasteiger partial charge in [-0.15, -0.1) is 11.3 Å². The Labute approximate surface area is 200 Å². The molecule has 4 rings (SSSR count). The average Bonchev–Trinajstić information content (AvgIpc) is 3.42. The van der Waals surface area contributed by atoms with E-state index in [-0.39, 0.29) is 24.9 Å². The fourth-order valence-electron chi connectivity index (χ4n) is 4.73. The summed E-state index contributed by atoms with van der Waals surface area (Å²) in [5.41, 5.74) is 5.60. The Kier molecular flexibility index (Phi) is 6.62. The summed E-state index contributed by atoms with van der Waals surface area (Å²) in [7, 11) is -3.72. The number of aromatic nitrogens is 1. The molecule has 1 unspecified atom stereocenters. The van der Waals surface area contributed by atoms with Gasteiger partial charge in [0.2, 0.25) is 15.9 Å². The van der Waals surface area contributed by atoms with Gasteiger partial charge in [0.1, 0.15) is 5.01 Å². The van der Waals surface area contributed by atoms with Crippen LogP contribution in [0.15, 0.2) is 29.2 Å². The van der Waals surface area contributed by atoms with E-state index >= 15 is 0 Å². The van der Waals surface area contributed by atoms with E-state index in [1.54, 1.807) is 11.3 Å². The number of hydrogen-bond acceptors (Lipinski definition) is 5. The maximum absolute atomic E-state index is 13.1. The predicted molar refractivity (Wildman–Crippen MR) is 133 cm³/mol. The zero-order valence-corrected chi connectivity index (χ0v) is 21.5. The van der Waals surface area contributed by atoms with Crippen LogP contribution in [0.2, 0.25) is 0 Å². The average molecular weight is 486 g/mol. The van der Waals surface area contributed by atoms with Crippen LogP contribution >= 0.6 is 11.3 Å². The number of rotatable bonds is 6. The molecule has 6 nitrogen and oxygen atoms in total. The second-order valence-electron chi connectivity index (χ2n) is 8.87. The lowest BCUT2D eigenvalue weighted by atomic mass is 9.95. The van der Waals surface area contributed by atoms with Crippen LogP contribution in [0, 0.1) is 34.6 Å². The summed E-state index contributed by atoms with van der Waals surface area (Å²) < 4.78 is 30.1. The highest BCUT2D eigenvalue weighted by molar-refractivity contribution is 7.89. The molecule has 33 heavy (non-hydrogen) atoms. The van der Waals surface area contributed by atoms with Crippen LogP contribution in [0.25, 0.3) is 10.2 Å². The molecule has 1 aromatic heterocycles. The van der Waals surface area contributed by atoms with Crippen molar-refractivity contribution in [1.29, 1.82) is 0 Å². The van der Waals surface area contributed by atoms with Crippen molar-refractivity contribution < 1.29 is 13.2 Å². The van der Waals surface area contributed by atoms with Gasteiger partial charge < -0.3 is 4.90 Å². The molecule has 1 amide bonds. The fraction of sp³-hybridized carbons (Fsp3) is 0.440. The second kappa shape index (κ2) is 9.16. The van der Waals surface area contributed by atoms with Crippen LogP contribution in [-0.2, 0) is 14.8 Å². The van der Waals surface area contributed by atoms with Crippen molar-refractivity contribution in [3.8, 4) is 0 Å². The molecule has 2 aromatic carbocycles. The maximum atomic E-state index is 13.1. The number of likely N-dealkylation sites (tertiary alicyclic amines) is 1. The normalized spacial score (nSPS) is 16.6. The SMILES string of the molecule is Cc1c(C)c(C)c(S(=O)(=O)NCCC(=O)N2CCCC2c2nc3ccccc3s2)c(C)c1C. The number of benzene rings is 2. The van der Waals surface area contributed by atoms with E-state index in [0.717, 1.165) is 55.9 Å². The molecular weight excluding hydrogens is 454 g/mol. The molecule has 8 heteroatoms. The van der Waals surface area contributed by atoms with E-state index in [0.29, 0.717) is 11.4 Å². The second-order valence-corrected chi connectivity index (χ2v) is 11.6. The molecule has 2 heterocycles. The van der Waals surface area contributed by atoms with Crippen LogP contribution in [-0.4, -0.2) is 37.3 Å². The first-order chi connectivity index (χ1) is 15.6. The largest absolute Gasteiger partial charge is 0.333 e. The molecule has 0 spiro atoms. The number of carbonyl (C=O) groups excluding carboxylic acids is 1. The number of nitrogens with zero attached hydrogens (tertiary/aromatic N) is 2. The third-order valence-corrected chi connectivity index (χ3v) is 9.87. The molecule has 1 atom stereocenters. The molecule has 0 bridgehead atoms. The third kappa shape index (κ3) is 4.44. The van der Waals surface area contributed by atoms with Crippen LogP contribution < -0.4 is 4.72 Å². The van der Waals surface area contributed by atoms with Crippen LogP contribution in [0.5, 0.6) is 0 Å². The zero-order chi connectivity index (χ0) is 23.9. The number of nitrogens with one attached hydrogen (secondary N) is 1. The van der Waals surface area contributed by atoms with Crippen LogP contribution in [0.1, 0.15) is 58.1 Å². The van der Waals surface area contributed by atoms with E-state index in [2.05, 4.69) is 4.72 Å². The minimum absolute atomic E-state index is 0.0293. The van der Waals surface area contributed by atoms with Crippen molar-refractivity contribution in [2.75, 3.05) is 13.1 Å². The van der Waals surface area contributed by atoms with Gasteiger partial charge in [-0.3, -0.25) is 4.79 Å². The summed E-state index contributed by atoms with van der Waals surface area (Å²) in [5.74, 6) is -0.0378. The summed E-state index contributed by atoms with van der Waals surface area (Å²) in [6, 6.07) is 7.97. The monoisotopic (exact) mass is 485 g/mol. The van der Waals surface area contributed by atoms with E-state index in [1.807, 2.05) is 63.8 Å². The highest BCUT2D eigenvalue weighted by Gasteiger charge is 2.32. The Morgan fingerprint density at radius 2 is 1.70 bits per heavy atom. The van der Waals surface area contributed by atoms with Gasteiger partial charge in [0.15, 0.2) is 0 Å². The van der Waals surface area contributed by atoms with Crippen molar-refractivity contribution in [3.05, 3.63) is 57.1 Å². The van der Waals surface area contributed by atoms with E-state index in [4.69, 9.17) is 4.98 Å². The molecule has 1 saturated heterocycles. The van der Waals surface area contributed by atoms with Gasteiger partial charge >= 0.3 is 0 Å². The van der Waals surface area contributed by atoms with E-state index in [1.165, 1.54) is 0 Å². The van der Waals surface area contributed by atoms with Crippen LogP contribution in [0.4, 0.5) is 0 Å². The van der Waals surface area contributed by atoms with Crippen molar-refractivity contribution in [2.24, 2.45) is 0 Å². The number of thiazole rings is 1. The molecule has 176 valence electrons. The third-order valence-electron chi connectivity index (χ3n) is 7.00. The minimum atomic E-state index is -3.72. The molecule has 1 fully saturated rings. The Hall–Kier alpha value is -2.29. The van der Waals surface area contributed by atoms with Crippen molar-refractivity contribution in [2.45, 2.75) is 64.8 Å². The highest BCUT2D eigenvalue weighted by Crippen LogP contribution is 2.36. The Bertz CT molecular complexity index is 1270. The molecular formula is C25H31N3O3S2. The maximum Gasteiger partial charge on any atom is 0.241 e. The van der Waals surface area contributed by atoms with E-state index in [9.17, 15) is 13.2 Å². The minimum Gasteiger partial charge on any atom is -0.333 e. The molecule has 3 aromatic rings. The number of para-hydroxylation sites is 1. The van der Waals surface area contributed by atoms with Crippen molar-refractivity contribution in [3.63, 3.8) is 0 Å². The predicted octanol–water partition coefficient (Wildman–Crippen LogP) is 4.87. The van der Waals surface area contributed by atoms with E-state index < -0.39 is 10.0 Å². The quantitative estimate of drug-likeness (QED) is 0.540. The first-order valence-corrected chi connectivity index (χ1v) is 13.6. The van der Waals surface area contributed by atoms with Gasteiger partial charge in [0, 0.05) is 19.5 Å². The number of hydrogen-bond donors (Lipinski definition) is 1. The molecule has 1 N–H and O–H groups in total. The van der Waals surface area contributed by atoms with Gasteiger partial charge in [0.25, 0.3) is 0 Å². The molecule has 0 saturated carbocycles. The molecule has 0 aliphatic carbocycles. The van der Waals surface area contributed by atoms with Gasteiger partial charge in [0.05, 0.1) is 21.2 Å². The van der Waals surface area contributed by atoms with Gasteiger partial charge in [-0.1, -0.05) is 12.1 Å². The fourth-order valence-corrected chi connectivity index (χ4v) is 7.47. The van der Waals surface area contributed by atoms with Crippen molar-refractivity contribution in [1.82, 2.24) is 14.6 Å². The lowest BCUT2D eigenvalue weighted by molar-refractivity contribution is -0.131. The zero-order valence-electron chi connectivity index (χ0n) is 19.9. The summed E-state index contributed by atoms with van der Waals surface area (Å²) in [4.78, 5) is 20.0. The first-order valence-electron chi connectivity index (χ1n) is 11.3. The Morgan fingerprint density at radius 1 is 1.06 bits per heavy atom.